The molecule has 2 unspecified atom stereocenters. The highest BCUT2D eigenvalue weighted by Gasteiger charge is 2.53. The monoisotopic (exact) mass is 466 g/mol. The van der Waals surface area contributed by atoms with E-state index < -0.39 is 39.1 Å². The number of nitrogens with two attached hydrogens (primary N) is 1. The summed E-state index contributed by atoms with van der Waals surface area (Å²) in [4.78, 5) is 24.5. The van der Waals surface area contributed by atoms with Crippen LogP contribution in [-0.4, -0.2) is 65.7 Å². The molecule has 0 spiro atoms. The molecule has 4 N–H and O–H groups in total. The van der Waals surface area contributed by atoms with E-state index in [4.69, 9.17) is 10.5 Å². The Balaban J connectivity index is 2.05. The number of carbonyl (C=O) groups excluding carboxylic acids is 1. The molecule has 1 aliphatic rings. The average molecular weight is 466 g/mol. The molecule has 11 nitrogen and oxygen atoms in total. The average Bonchev–Trinajstić information content (AvgIpc) is 2.78. The third-order valence-corrected chi connectivity index (χ3v) is 7.68. The number of nitrogens with one attached hydrogen (secondary N) is 1. The first-order chi connectivity index (χ1) is 15.1. The van der Waals surface area contributed by atoms with Crippen molar-refractivity contribution in [1.29, 1.82) is 0 Å². The Morgan fingerprint density at radius 3 is 2.66 bits per heavy atom. The number of halogens is 1. The minimum Gasteiger partial charge on any atom is -0.480 e. The van der Waals surface area contributed by atoms with E-state index in [9.17, 15) is 22.7 Å². The van der Waals surface area contributed by atoms with Crippen molar-refractivity contribution in [2.45, 2.75) is 24.1 Å². The number of guanidine groups is 1. The second-order valence-electron chi connectivity index (χ2n) is 7.05. The molecule has 2 atom stereocenters. The van der Waals surface area contributed by atoms with Crippen LogP contribution >= 0.6 is 0 Å². The fourth-order valence-electron chi connectivity index (χ4n) is 3.59. The van der Waals surface area contributed by atoms with Crippen LogP contribution in [0, 0.1) is 5.82 Å². The van der Waals surface area contributed by atoms with Crippen molar-refractivity contribution in [2.24, 2.45) is 10.7 Å². The number of ether oxygens (including phenoxy) is 1. The van der Waals surface area contributed by atoms with Gasteiger partial charge in [0.05, 0.1) is 26.1 Å². The van der Waals surface area contributed by atoms with Crippen LogP contribution in [0.25, 0.3) is 0 Å². The summed E-state index contributed by atoms with van der Waals surface area (Å²) in [6.45, 7) is 0.765. The number of hydrogen-bond acceptors (Lipinski definition) is 9. The largest absolute Gasteiger partial charge is 0.480 e. The number of aliphatic hydroxyl groups excluding tert-OH is 1. The molecule has 0 saturated heterocycles. The Bertz CT molecular complexity index is 1160. The van der Waals surface area contributed by atoms with Crippen LogP contribution in [0.3, 0.4) is 0 Å². The fourth-order valence-corrected chi connectivity index (χ4v) is 5.44. The van der Waals surface area contributed by atoms with Gasteiger partial charge >= 0.3 is 0 Å². The molecule has 0 fully saturated rings. The van der Waals surface area contributed by atoms with E-state index >= 15 is 0 Å². The first-order valence-electron chi connectivity index (χ1n) is 9.52. The number of hydrogen-bond donors (Lipinski definition) is 3. The number of sulfonamides is 1. The zero-order chi connectivity index (χ0) is 23.7. The number of aromatic nitrogens is 2. The number of carbonyl (C=O) groups is 1. The van der Waals surface area contributed by atoms with E-state index in [0.29, 0.717) is 0 Å². The molecule has 0 bridgehead atoms. The van der Waals surface area contributed by atoms with E-state index in [0.717, 1.165) is 10.4 Å². The maximum Gasteiger partial charge on any atom is 0.275 e. The number of rotatable bonds is 6. The molecule has 13 heteroatoms. The number of aliphatic imine (C=N–C) groups is 1. The van der Waals surface area contributed by atoms with E-state index in [-0.39, 0.29) is 35.2 Å². The zero-order valence-corrected chi connectivity index (χ0v) is 18.4. The number of nitrogens with zero attached hydrogens (tertiary/aromatic N) is 4. The molecule has 32 heavy (non-hydrogen) atoms. The molecule has 0 radical (unpaired) electrons. The second kappa shape index (κ2) is 8.67. The molecule has 1 aromatic carbocycles. The molecule has 1 aliphatic heterocycles. The van der Waals surface area contributed by atoms with Gasteiger partial charge in [0.2, 0.25) is 21.9 Å². The lowest BCUT2D eigenvalue weighted by atomic mass is 9.85. The third-order valence-electron chi connectivity index (χ3n) is 5.28. The molecule has 0 saturated carbocycles. The van der Waals surface area contributed by atoms with Crippen LogP contribution in [0.4, 0.5) is 10.1 Å². The Labute approximate surface area is 184 Å². The van der Waals surface area contributed by atoms with Gasteiger partial charge in [-0.15, -0.1) is 0 Å². The van der Waals surface area contributed by atoms with Crippen molar-refractivity contribution in [1.82, 2.24) is 14.3 Å². The highest BCUT2D eigenvalue weighted by molar-refractivity contribution is 7.90. The van der Waals surface area contributed by atoms with Gasteiger partial charge in [0.15, 0.2) is 0 Å². The van der Waals surface area contributed by atoms with Crippen LogP contribution in [0.1, 0.15) is 29.4 Å². The Morgan fingerprint density at radius 1 is 1.38 bits per heavy atom. The maximum absolute atomic E-state index is 14.9. The Hall–Kier alpha value is -3.32. The van der Waals surface area contributed by atoms with Crippen molar-refractivity contribution < 1.29 is 27.4 Å². The summed E-state index contributed by atoms with van der Waals surface area (Å²) in [5.41, 5.74) is 3.80. The predicted molar refractivity (Wildman–Crippen MR) is 114 cm³/mol. The van der Waals surface area contributed by atoms with Crippen LogP contribution < -0.4 is 15.8 Å². The van der Waals surface area contributed by atoms with Crippen molar-refractivity contribution >= 4 is 27.6 Å². The van der Waals surface area contributed by atoms with Gasteiger partial charge in [-0.05, 0) is 24.6 Å². The summed E-state index contributed by atoms with van der Waals surface area (Å²) in [6, 6.07) is 3.56. The van der Waals surface area contributed by atoms with Crippen LogP contribution in [0.5, 0.6) is 5.88 Å². The number of aliphatic hydroxyl groups is 1. The summed E-state index contributed by atoms with van der Waals surface area (Å²) in [7, 11) is -1.40. The fraction of sp³-hybridized carbons (Fsp3) is 0.368. The van der Waals surface area contributed by atoms with Gasteiger partial charge in [0.1, 0.15) is 22.3 Å². The topological polar surface area (TPSA) is 160 Å². The SMILES string of the molecule is CCC1C(CO)(c2cc(NC(=O)c3cnc(OC)cn3)ccc2F)N=C(N)N(C)S1(=O)=O. The van der Waals surface area contributed by atoms with E-state index in [1.54, 1.807) is 6.92 Å². The minimum atomic E-state index is -4.04. The Kier molecular flexibility index (Phi) is 6.32. The van der Waals surface area contributed by atoms with Crippen LogP contribution in [-0.2, 0) is 15.6 Å². The minimum absolute atomic E-state index is 0.0240. The molecule has 2 heterocycles. The van der Waals surface area contributed by atoms with Crippen molar-refractivity contribution in [2.75, 3.05) is 26.1 Å². The lowest BCUT2D eigenvalue weighted by molar-refractivity contribution is 0.102. The van der Waals surface area contributed by atoms with E-state index in [1.807, 2.05) is 0 Å². The van der Waals surface area contributed by atoms with Crippen molar-refractivity contribution in [3.05, 3.63) is 47.7 Å². The maximum atomic E-state index is 14.9. The predicted octanol–water partition coefficient (Wildman–Crippen LogP) is 0.433. The lowest BCUT2D eigenvalue weighted by Crippen LogP contribution is -2.58. The van der Waals surface area contributed by atoms with E-state index in [1.165, 1.54) is 38.7 Å². The molecule has 3 rings (SSSR count). The summed E-state index contributed by atoms with van der Waals surface area (Å²) in [6.07, 6.45) is 2.50. The summed E-state index contributed by atoms with van der Waals surface area (Å²) >= 11 is 0. The number of anilines is 1. The second-order valence-corrected chi connectivity index (χ2v) is 9.20. The van der Waals surface area contributed by atoms with Crippen LogP contribution in [0.2, 0.25) is 0 Å². The molecule has 2 aromatic rings. The van der Waals surface area contributed by atoms with Gasteiger partial charge in [-0.25, -0.2) is 32.1 Å². The van der Waals surface area contributed by atoms with Gasteiger partial charge < -0.3 is 20.9 Å². The normalized spacial score (nSPS) is 22.2. The quantitative estimate of drug-likeness (QED) is 0.552. The van der Waals surface area contributed by atoms with Gasteiger partial charge in [0.25, 0.3) is 5.91 Å². The summed E-state index contributed by atoms with van der Waals surface area (Å²) < 4.78 is 46.5. The number of methoxy groups -OCH3 is 1. The third kappa shape index (κ3) is 3.84. The van der Waals surface area contributed by atoms with Gasteiger partial charge in [-0.2, -0.15) is 0 Å². The lowest BCUT2D eigenvalue weighted by Gasteiger charge is -2.42. The van der Waals surface area contributed by atoms with E-state index in [2.05, 4.69) is 20.3 Å². The first-order valence-corrected chi connectivity index (χ1v) is 11.0. The first kappa shape index (κ1) is 23.3. The molecular formula is C19H23FN6O5S. The van der Waals surface area contributed by atoms with Crippen molar-refractivity contribution in [3.8, 4) is 5.88 Å². The van der Waals surface area contributed by atoms with Crippen LogP contribution in [0.15, 0.2) is 35.6 Å². The van der Waals surface area contributed by atoms with Crippen molar-refractivity contribution in [3.63, 3.8) is 0 Å². The van der Waals surface area contributed by atoms with Gasteiger partial charge in [-0.3, -0.25) is 4.79 Å². The summed E-state index contributed by atoms with van der Waals surface area (Å²) in [5, 5.41) is 11.5. The molecular weight excluding hydrogens is 443 g/mol. The zero-order valence-electron chi connectivity index (χ0n) is 17.6. The highest BCUT2D eigenvalue weighted by atomic mass is 32.2. The highest BCUT2D eigenvalue weighted by Crippen LogP contribution is 2.41. The van der Waals surface area contributed by atoms with Gasteiger partial charge in [0, 0.05) is 18.3 Å². The number of amides is 1. The molecule has 1 aromatic heterocycles. The molecule has 172 valence electrons. The standard InChI is InChI=1S/C19H23FN6O5S/c1-4-15-19(10-27,25-18(21)26(2)32(15,29)30)12-7-11(5-6-13(12)20)24-17(28)14-8-23-16(31-3)9-22-14/h5-9,15,27H,4,10H2,1-3H3,(H2,21,25)(H,24,28). The molecule has 0 aliphatic carbocycles. The van der Waals surface area contributed by atoms with Gasteiger partial charge in [-0.1, -0.05) is 6.92 Å². The molecule has 1 amide bonds. The summed E-state index contributed by atoms with van der Waals surface area (Å²) in [5.74, 6) is -1.61. The Morgan fingerprint density at radius 2 is 2.09 bits per heavy atom. The smallest absolute Gasteiger partial charge is 0.275 e. The number of benzene rings is 1.